The highest BCUT2D eigenvalue weighted by Crippen LogP contribution is 2.51. The van der Waals surface area contributed by atoms with Crippen LogP contribution in [0.15, 0.2) is 23.9 Å². The molecule has 0 bridgehead atoms. The Morgan fingerprint density at radius 2 is 1.81 bits per heavy atom. The molecule has 3 saturated heterocycles. The molecule has 7 aliphatic rings. The van der Waals surface area contributed by atoms with Gasteiger partial charge in [-0.2, -0.15) is 0 Å². The summed E-state index contributed by atoms with van der Waals surface area (Å²) in [5.41, 5.74) is 1.88. The van der Waals surface area contributed by atoms with Crippen LogP contribution in [0.1, 0.15) is 77.0 Å². The number of amides is 1. The van der Waals surface area contributed by atoms with E-state index in [2.05, 4.69) is 45.2 Å². The maximum atomic E-state index is 13.7. The molecular weight excluding hydrogens is 538 g/mol. The third kappa shape index (κ3) is 6.33. The fourth-order valence-electron chi connectivity index (χ4n) is 10.0. The molecule has 7 rings (SSSR count). The van der Waals surface area contributed by atoms with Crippen LogP contribution in [-0.2, 0) is 14.3 Å². The van der Waals surface area contributed by atoms with Crippen LogP contribution in [-0.4, -0.2) is 117 Å². The van der Waals surface area contributed by atoms with Crippen LogP contribution >= 0.6 is 0 Å². The van der Waals surface area contributed by atoms with E-state index >= 15 is 0 Å². The van der Waals surface area contributed by atoms with Gasteiger partial charge < -0.3 is 29.9 Å². The Bertz CT molecular complexity index is 1030. The summed E-state index contributed by atoms with van der Waals surface area (Å²) in [5.74, 6) is 1.99. The predicted molar refractivity (Wildman–Crippen MR) is 170 cm³/mol. The van der Waals surface area contributed by atoms with Gasteiger partial charge in [0.2, 0.25) is 0 Å². The van der Waals surface area contributed by atoms with Crippen LogP contribution in [0.5, 0.6) is 0 Å². The second kappa shape index (κ2) is 13.5. The Morgan fingerprint density at radius 3 is 2.60 bits per heavy atom. The van der Waals surface area contributed by atoms with Crippen molar-refractivity contribution in [3.8, 4) is 0 Å². The third-order valence-corrected chi connectivity index (χ3v) is 12.5. The average Bonchev–Trinajstić information content (AvgIpc) is 3.44. The molecule has 9 atom stereocenters. The summed E-state index contributed by atoms with van der Waals surface area (Å²) >= 11 is 0. The van der Waals surface area contributed by atoms with Gasteiger partial charge in [0, 0.05) is 43.8 Å². The van der Waals surface area contributed by atoms with E-state index in [0.717, 1.165) is 94.6 Å². The first-order valence-corrected chi connectivity index (χ1v) is 17.9. The standard InChI is InChI=1S/C35H57N5O3/c1-24-28-10-11-30(36-13-6-16-39-17-19-42-20-18-39)34-33(28)40(31-21-25-7-3-4-8-26(25)22-32(31)43-34)23-29(24)35(41)37-14-12-27-9-5-15-38(27)2/h23,25-28,30-34,36H,1,3-22H2,2H3,(H,37,41). The van der Waals surface area contributed by atoms with Crippen molar-refractivity contribution >= 4 is 5.91 Å². The first kappa shape index (κ1) is 30.2. The normalized spacial score (nSPS) is 39.9. The molecule has 43 heavy (non-hydrogen) atoms. The van der Waals surface area contributed by atoms with E-state index in [1.807, 2.05) is 0 Å². The van der Waals surface area contributed by atoms with Crippen LogP contribution in [0.4, 0.5) is 0 Å². The molecule has 8 heteroatoms. The molecule has 2 N–H and O–H groups in total. The maximum absolute atomic E-state index is 13.7. The summed E-state index contributed by atoms with van der Waals surface area (Å²) in [6.07, 6.45) is 17.4. The Kier molecular flexibility index (Phi) is 9.49. The Hall–Kier alpha value is -1.45. The lowest BCUT2D eigenvalue weighted by molar-refractivity contribution is -0.196. The van der Waals surface area contributed by atoms with Crippen molar-refractivity contribution in [3.63, 3.8) is 0 Å². The summed E-state index contributed by atoms with van der Waals surface area (Å²) in [7, 11) is 2.22. The number of ether oxygens (including phenoxy) is 2. The first-order chi connectivity index (χ1) is 21.1. The van der Waals surface area contributed by atoms with Gasteiger partial charge in [-0.25, -0.2) is 0 Å². The number of hydrogen-bond donors (Lipinski definition) is 2. The molecule has 3 aliphatic carbocycles. The SMILES string of the molecule is C=C1C(C(=O)NCCC2CCCN2C)=CN2C3CC4CCCCC4CC3OC3C(NCCCN4CCOCC4)CCC1C32. The highest BCUT2D eigenvalue weighted by Gasteiger charge is 2.55. The van der Waals surface area contributed by atoms with E-state index in [4.69, 9.17) is 9.47 Å². The highest BCUT2D eigenvalue weighted by molar-refractivity contribution is 5.98. The van der Waals surface area contributed by atoms with E-state index in [9.17, 15) is 4.79 Å². The summed E-state index contributed by atoms with van der Waals surface area (Å²) in [6, 6.07) is 1.61. The van der Waals surface area contributed by atoms with Crippen molar-refractivity contribution < 1.29 is 14.3 Å². The van der Waals surface area contributed by atoms with Crippen molar-refractivity contribution in [3.05, 3.63) is 23.9 Å². The summed E-state index contributed by atoms with van der Waals surface area (Å²) < 4.78 is 12.7. The number of likely N-dealkylation sites (tertiary alicyclic amines) is 1. The molecule has 9 unspecified atom stereocenters. The molecule has 3 saturated carbocycles. The molecule has 0 aromatic carbocycles. The molecule has 1 amide bonds. The quantitative estimate of drug-likeness (QED) is 0.396. The lowest BCUT2D eigenvalue weighted by Gasteiger charge is -2.61. The van der Waals surface area contributed by atoms with Gasteiger partial charge in [-0.05, 0) is 95.5 Å². The third-order valence-electron chi connectivity index (χ3n) is 12.5. The number of carbonyl (C=O) groups excluding carboxylic acids is 1. The Morgan fingerprint density at radius 1 is 1.00 bits per heavy atom. The molecule has 0 spiro atoms. The van der Waals surface area contributed by atoms with Gasteiger partial charge >= 0.3 is 0 Å². The molecule has 8 nitrogen and oxygen atoms in total. The molecule has 6 fully saturated rings. The monoisotopic (exact) mass is 595 g/mol. The van der Waals surface area contributed by atoms with Crippen molar-refractivity contribution in [1.29, 1.82) is 0 Å². The van der Waals surface area contributed by atoms with Gasteiger partial charge in [-0.1, -0.05) is 32.3 Å². The summed E-state index contributed by atoms with van der Waals surface area (Å²) in [4.78, 5) is 21.4. The molecule has 0 aromatic rings. The Balaban J connectivity index is 1.06. The van der Waals surface area contributed by atoms with Crippen LogP contribution < -0.4 is 10.6 Å². The lowest BCUT2D eigenvalue weighted by atomic mass is 9.64. The zero-order valence-corrected chi connectivity index (χ0v) is 26.7. The van der Waals surface area contributed by atoms with E-state index in [1.165, 1.54) is 57.9 Å². The number of nitrogens with zero attached hydrogens (tertiary/aromatic N) is 3. The van der Waals surface area contributed by atoms with Gasteiger partial charge in [0.1, 0.15) is 0 Å². The highest BCUT2D eigenvalue weighted by atomic mass is 16.5. The van der Waals surface area contributed by atoms with Gasteiger partial charge in [0.05, 0.1) is 43.1 Å². The number of nitrogens with one attached hydrogen (secondary N) is 2. The van der Waals surface area contributed by atoms with Crippen molar-refractivity contribution in [2.45, 2.75) is 113 Å². The minimum Gasteiger partial charge on any atom is -0.379 e. The number of rotatable bonds is 9. The van der Waals surface area contributed by atoms with E-state index in [0.29, 0.717) is 18.1 Å². The zero-order valence-electron chi connectivity index (χ0n) is 26.7. The van der Waals surface area contributed by atoms with Gasteiger partial charge in [0.25, 0.3) is 5.91 Å². The molecular formula is C35H57N5O3. The van der Waals surface area contributed by atoms with Crippen LogP contribution in [0.25, 0.3) is 0 Å². The smallest absolute Gasteiger partial charge is 0.253 e. The van der Waals surface area contributed by atoms with Crippen molar-refractivity contribution in [2.24, 2.45) is 17.8 Å². The molecule has 4 aliphatic heterocycles. The first-order valence-electron chi connectivity index (χ1n) is 17.9. The fraction of sp³-hybridized carbons (Fsp3) is 0.857. The minimum atomic E-state index is 0.0819. The Labute approximate surface area is 259 Å². The van der Waals surface area contributed by atoms with Gasteiger partial charge in [-0.3, -0.25) is 9.69 Å². The van der Waals surface area contributed by atoms with Crippen molar-refractivity contribution in [2.75, 3.05) is 59.5 Å². The summed E-state index contributed by atoms with van der Waals surface area (Å²) in [5, 5.41) is 7.28. The molecule has 0 aromatic heterocycles. The second-order valence-electron chi connectivity index (χ2n) is 14.9. The molecule has 4 heterocycles. The lowest BCUT2D eigenvalue weighted by Crippen LogP contribution is -2.70. The number of carbonyl (C=O) groups is 1. The van der Waals surface area contributed by atoms with E-state index in [1.54, 1.807) is 0 Å². The van der Waals surface area contributed by atoms with Crippen molar-refractivity contribution in [1.82, 2.24) is 25.3 Å². The number of morpholine rings is 2. The summed E-state index contributed by atoms with van der Waals surface area (Å²) in [6.45, 7) is 12.5. The van der Waals surface area contributed by atoms with E-state index < -0.39 is 0 Å². The average molecular weight is 596 g/mol. The van der Waals surface area contributed by atoms with Crippen LogP contribution in [0.2, 0.25) is 0 Å². The fourth-order valence-corrected chi connectivity index (χ4v) is 10.0. The zero-order chi connectivity index (χ0) is 29.3. The van der Waals surface area contributed by atoms with Gasteiger partial charge in [0.15, 0.2) is 0 Å². The number of fused-ring (bicyclic) bond motifs is 3. The predicted octanol–water partition coefficient (Wildman–Crippen LogP) is 3.54. The van der Waals surface area contributed by atoms with E-state index in [-0.39, 0.29) is 30.1 Å². The minimum absolute atomic E-state index is 0.0819. The second-order valence-corrected chi connectivity index (χ2v) is 14.9. The van der Waals surface area contributed by atoms with Crippen LogP contribution in [0, 0.1) is 17.8 Å². The molecule has 240 valence electrons. The molecule has 0 radical (unpaired) electrons. The van der Waals surface area contributed by atoms with Crippen LogP contribution in [0.3, 0.4) is 0 Å². The van der Waals surface area contributed by atoms with Gasteiger partial charge in [-0.15, -0.1) is 0 Å². The number of hydrogen-bond acceptors (Lipinski definition) is 7. The maximum Gasteiger partial charge on any atom is 0.253 e. The topological polar surface area (TPSA) is 69.3 Å². The largest absolute Gasteiger partial charge is 0.379 e.